The Morgan fingerprint density at radius 2 is 1.78 bits per heavy atom. The Labute approximate surface area is 169 Å². The molecule has 1 unspecified atom stereocenters. The van der Waals surface area contributed by atoms with Gasteiger partial charge >= 0.3 is 169 Å². The first kappa shape index (κ1) is 20.1. The molecule has 0 aliphatic carbocycles. The second kappa shape index (κ2) is 9.05. The van der Waals surface area contributed by atoms with Crippen LogP contribution in [0.5, 0.6) is 0 Å². The monoisotopic (exact) mass is 431 g/mol. The van der Waals surface area contributed by atoms with E-state index in [1.54, 1.807) is 0 Å². The van der Waals surface area contributed by atoms with Crippen LogP contribution in [0, 0.1) is 5.41 Å². The molecule has 0 N–H and O–H groups in total. The fraction of sp³-hybridized carbons (Fsp3) is 0.435. The summed E-state index contributed by atoms with van der Waals surface area (Å²) in [5.74, 6) is -0.156. The molecule has 144 valence electrons. The summed E-state index contributed by atoms with van der Waals surface area (Å²) < 4.78 is 6.64. The Hall–Kier alpha value is -1.61. The number of hydrogen-bond acceptors (Lipinski definition) is 3. The van der Waals surface area contributed by atoms with Gasteiger partial charge in [0.25, 0.3) is 0 Å². The molecular weight excluding hydrogens is 401 g/mol. The number of methoxy groups -OCH3 is 1. The molecule has 1 aliphatic rings. The summed E-state index contributed by atoms with van der Waals surface area (Å²) in [5, 5.41) is 1.12. The van der Waals surface area contributed by atoms with Crippen molar-refractivity contribution < 1.29 is 9.53 Å². The van der Waals surface area contributed by atoms with E-state index in [-0.39, 0.29) is 17.4 Å². The Balaban J connectivity index is 1.86. The van der Waals surface area contributed by atoms with Gasteiger partial charge in [-0.15, -0.1) is 0 Å². The minimum atomic E-state index is -0.327. The minimum absolute atomic E-state index is 0.156. The third-order valence-corrected chi connectivity index (χ3v) is 7.72. The van der Waals surface area contributed by atoms with Crippen molar-refractivity contribution in [1.29, 1.82) is 0 Å². The fourth-order valence-corrected chi connectivity index (χ4v) is 6.12. The number of ether oxygens (including phenoxy) is 1. The molecule has 0 radical (unpaired) electrons. The van der Waals surface area contributed by atoms with E-state index in [9.17, 15) is 4.79 Å². The molecule has 2 aromatic rings. The van der Waals surface area contributed by atoms with Crippen LogP contribution in [-0.4, -0.2) is 45.5 Å². The number of carbonyl (C=O) groups excluding carboxylic acids is 1. The molecule has 2 atom stereocenters. The van der Waals surface area contributed by atoms with Crippen molar-refractivity contribution >= 4 is 25.4 Å². The van der Waals surface area contributed by atoms with Crippen molar-refractivity contribution in [3.8, 4) is 0 Å². The van der Waals surface area contributed by atoms with Gasteiger partial charge in [-0.25, -0.2) is 0 Å². The van der Waals surface area contributed by atoms with Crippen LogP contribution in [0.25, 0.3) is 0 Å². The van der Waals surface area contributed by atoms with Gasteiger partial charge in [0.1, 0.15) is 0 Å². The van der Waals surface area contributed by atoms with Crippen LogP contribution in [0.3, 0.4) is 0 Å². The second-order valence-corrected chi connectivity index (χ2v) is 10.3. The second-order valence-electron chi connectivity index (χ2n) is 7.99. The number of rotatable bonds is 6. The van der Waals surface area contributed by atoms with Gasteiger partial charge < -0.3 is 0 Å². The summed E-state index contributed by atoms with van der Waals surface area (Å²) in [4.78, 5) is 15.2. The number of hydrogen-bond donors (Lipinski definition) is 0. The van der Waals surface area contributed by atoms with Gasteiger partial charge in [0.05, 0.1) is 0 Å². The topological polar surface area (TPSA) is 29.5 Å². The predicted molar refractivity (Wildman–Crippen MR) is 111 cm³/mol. The molecule has 1 fully saturated rings. The Morgan fingerprint density at radius 3 is 2.41 bits per heavy atom. The van der Waals surface area contributed by atoms with Crippen molar-refractivity contribution in [3.05, 3.63) is 66.2 Å². The number of carbonyl (C=O) groups is 1. The predicted octanol–water partition coefficient (Wildman–Crippen LogP) is 3.84. The zero-order valence-electron chi connectivity index (χ0n) is 16.4. The van der Waals surface area contributed by atoms with E-state index in [0.717, 1.165) is 23.8 Å². The standard InChI is InChI=1S/C23H29NO2Se/c1-23(2)15-14-19(16-27-20-12-8-5-9-13-20)24(17-23)21(22(25)26-3)18-10-6-4-7-11-18/h4-13,19,21H,14-17H2,1-3H3/t19-,21?/m1/s1. The third-order valence-electron chi connectivity index (χ3n) is 5.29. The molecule has 0 saturated carbocycles. The molecule has 2 aromatic carbocycles. The van der Waals surface area contributed by atoms with E-state index in [0.29, 0.717) is 21.0 Å². The molecule has 1 saturated heterocycles. The number of esters is 1. The van der Waals surface area contributed by atoms with Crippen molar-refractivity contribution in [1.82, 2.24) is 4.90 Å². The molecule has 4 heteroatoms. The zero-order chi connectivity index (χ0) is 19.3. The molecule has 0 amide bonds. The summed E-state index contributed by atoms with van der Waals surface area (Å²) in [7, 11) is 1.50. The first-order chi connectivity index (χ1) is 13.0. The number of piperidine rings is 1. The first-order valence-corrected chi connectivity index (χ1v) is 11.6. The Morgan fingerprint density at radius 1 is 1.15 bits per heavy atom. The van der Waals surface area contributed by atoms with Gasteiger partial charge in [-0.3, -0.25) is 0 Å². The molecule has 0 spiro atoms. The SMILES string of the molecule is COC(=O)C(c1ccccc1)N1CC(C)(C)CC[C@@H]1C[Se]c1ccccc1. The summed E-state index contributed by atoms with van der Waals surface area (Å²) in [6, 6.07) is 20.9. The molecule has 1 heterocycles. The first-order valence-electron chi connectivity index (χ1n) is 9.56. The van der Waals surface area contributed by atoms with E-state index in [1.165, 1.54) is 18.0 Å². The van der Waals surface area contributed by atoms with E-state index in [2.05, 4.69) is 49.1 Å². The van der Waals surface area contributed by atoms with Crippen molar-refractivity contribution in [2.24, 2.45) is 5.41 Å². The molecule has 0 aromatic heterocycles. The van der Waals surface area contributed by atoms with Crippen LogP contribution >= 0.6 is 0 Å². The zero-order valence-corrected chi connectivity index (χ0v) is 18.1. The summed E-state index contributed by atoms with van der Waals surface area (Å²) in [6.45, 7) is 5.52. The maximum atomic E-state index is 12.8. The van der Waals surface area contributed by atoms with Crippen LogP contribution in [0.4, 0.5) is 0 Å². The van der Waals surface area contributed by atoms with Gasteiger partial charge in [0.15, 0.2) is 0 Å². The molecule has 3 rings (SSSR count). The third kappa shape index (κ3) is 5.22. The van der Waals surface area contributed by atoms with E-state index >= 15 is 0 Å². The normalized spacial score (nSPS) is 20.8. The maximum absolute atomic E-state index is 12.8. The van der Waals surface area contributed by atoms with Crippen molar-refractivity contribution in [2.75, 3.05) is 13.7 Å². The molecule has 0 bridgehead atoms. The molecule has 3 nitrogen and oxygen atoms in total. The Bertz CT molecular complexity index is 733. The van der Waals surface area contributed by atoms with Crippen LogP contribution in [-0.2, 0) is 9.53 Å². The summed E-state index contributed by atoms with van der Waals surface area (Å²) >= 11 is 0.406. The van der Waals surface area contributed by atoms with Gasteiger partial charge in [0.2, 0.25) is 0 Å². The average Bonchev–Trinajstić information content (AvgIpc) is 2.68. The summed E-state index contributed by atoms with van der Waals surface area (Å²) in [5.41, 5.74) is 1.23. The van der Waals surface area contributed by atoms with Crippen LogP contribution in [0.1, 0.15) is 38.3 Å². The van der Waals surface area contributed by atoms with E-state index in [4.69, 9.17) is 4.74 Å². The molecule has 27 heavy (non-hydrogen) atoms. The van der Waals surface area contributed by atoms with Gasteiger partial charge in [-0.05, 0) is 0 Å². The van der Waals surface area contributed by atoms with Crippen LogP contribution in [0.2, 0.25) is 5.32 Å². The van der Waals surface area contributed by atoms with Crippen LogP contribution in [0.15, 0.2) is 60.7 Å². The number of likely N-dealkylation sites (tertiary alicyclic amines) is 1. The fourth-order valence-electron chi connectivity index (χ4n) is 3.83. The van der Waals surface area contributed by atoms with Crippen molar-refractivity contribution in [2.45, 2.75) is 44.1 Å². The van der Waals surface area contributed by atoms with Crippen LogP contribution < -0.4 is 4.46 Å². The number of benzene rings is 2. The van der Waals surface area contributed by atoms with E-state index in [1.807, 2.05) is 30.3 Å². The Kier molecular flexibility index (Phi) is 6.75. The molecule has 1 aliphatic heterocycles. The number of nitrogens with zero attached hydrogens (tertiary/aromatic N) is 1. The van der Waals surface area contributed by atoms with Gasteiger partial charge in [0, 0.05) is 0 Å². The molecular formula is C23H29NO2Se. The van der Waals surface area contributed by atoms with Crippen molar-refractivity contribution in [3.63, 3.8) is 0 Å². The average molecular weight is 430 g/mol. The summed E-state index contributed by atoms with van der Waals surface area (Å²) in [6.07, 6.45) is 2.32. The quantitative estimate of drug-likeness (QED) is 0.515. The van der Waals surface area contributed by atoms with Gasteiger partial charge in [-0.1, -0.05) is 0 Å². The van der Waals surface area contributed by atoms with Gasteiger partial charge in [-0.2, -0.15) is 0 Å². The van der Waals surface area contributed by atoms with E-state index < -0.39 is 0 Å².